The second kappa shape index (κ2) is 3.73. The molecule has 90 valence electrons. The van der Waals surface area contributed by atoms with E-state index in [9.17, 15) is 4.79 Å². The zero-order valence-corrected chi connectivity index (χ0v) is 10.8. The molecular weight excluding hydrogens is 224 g/mol. The number of ketones is 1. The van der Waals surface area contributed by atoms with Gasteiger partial charge in [0.25, 0.3) is 0 Å². The van der Waals surface area contributed by atoms with Crippen molar-refractivity contribution in [3.05, 3.63) is 41.2 Å². The van der Waals surface area contributed by atoms with Gasteiger partial charge in [0.2, 0.25) is 11.2 Å². The quantitative estimate of drug-likeness (QED) is 0.660. The molecule has 1 unspecified atom stereocenters. The average molecular weight is 239 g/mol. The Hall–Kier alpha value is -2.03. The van der Waals surface area contributed by atoms with Crippen LogP contribution in [0.2, 0.25) is 0 Å². The van der Waals surface area contributed by atoms with E-state index in [4.69, 9.17) is 0 Å². The summed E-state index contributed by atoms with van der Waals surface area (Å²) in [6, 6.07) is 8.01. The smallest absolute Gasteiger partial charge is 0.231 e. The highest BCUT2D eigenvalue weighted by Crippen LogP contribution is 2.28. The number of fused-ring (bicyclic) bond motifs is 2. The van der Waals surface area contributed by atoms with Crippen molar-refractivity contribution in [2.45, 2.75) is 19.8 Å². The van der Waals surface area contributed by atoms with Crippen LogP contribution < -0.4 is 4.57 Å². The molecule has 0 saturated carbocycles. The van der Waals surface area contributed by atoms with E-state index in [1.54, 1.807) is 0 Å². The molecule has 18 heavy (non-hydrogen) atoms. The summed E-state index contributed by atoms with van der Waals surface area (Å²) in [5, 5.41) is 0. The van der Waals surface area contributed by atoms with E-state index >= 15 is 0 Å². The molecule has 3 nitrogen and oxygen atoms in total. The maximum atomic E-state index is 12.0. The number of benzene rings is 1. The molecule has 2 aromatic rings. The van der Waals surface area contributed by atoms with Gasteiger partial charge in [0.15, 0.2) is 5.78 Å². The summed E-state index contributed by atoms with van der Waals surface area (Å²) in [5.41, 5.74) is 4.75. The maximum absolute atomic E-state index is 12.0. The molecule has 0 radical (unpaired) electrons. The maximum Gasteiger partial charge on any atom is 0.231 e. The zero-order chi connectivity index (χ0) is 12.9. The van der Waals surface area contributed by atoms with Gasteiger partial charge in [-0.05, 0) is 25.5 Å². The summed E-state index contributed by atoms with van der Waals surface area (Å²) in [5.74, 6) is 0.0195. The Morgan fingerprint density at radius 2 is 2.00 bits per heavy atom. The van der Waals surface area contributed by atoms with Crippen LogP contribution >= 0.6 is 0 Å². The van der Waals surface area contributed by atoms with Crippen molar-refractivity contribution in [1.29, 1.82) is 0 Å². The van der Waals surface area contributed by atoms with Crippen molar-refractivity contribution in [1.82, 2.24) is 4.98 Å². The van der Waals surface area contributed by atoms with Crippen molar-refractivity contribution in [3.63, 3.8) is 0 Å². The fourth-order valence-electron chi connectivity index (χ4n) is 2.56. The van der Waals surface area contributed by atoms with Gasteiger partial charge in [0, 0.05) is 12.1 Å². The highest BCUT2D eigenvalue weighted by Gasteiger charge is 2.31. The van der Waals surface area contributed by atoms with Crippen LogP contribution in [0.25, 0.3) is 17.1 Å². The van der Waals surface area contributed by atoms with Gasteiger partial charge >= 0.3 is 0 Å². The minimum absolute atomic E-state index is 0.152. The Bertz CT molecular complexity index is 701. The first kappa shape index (κ1) is 11.1. The monoisotopic (exact) mass is 239 g/mol. The van der Waals surface area contributed by atoms with E-state index in [-0.39, 0.29) is 11.7 Å². The minimum Gasteiger partial charge on any atom is -0.294 e. The molecule has 0 bridgehead atoms. The lowest BCUT2D eigenvalue weighted by Crippen LogP contribution is -2.37. The first-order valence-electron chi connectivity index (χ1n) is 6.11. The van der Waals surface area contributed by atoms with Crippen LogP contribution in [0.15, 0.2) is 29.8 Å². The van der Waals surface area contributed by atoms with Gasteiger partial charge in [0.05, 0.1) is 5.92 Å². The second-order valence-corrected chi connectivity index (χ2v) is 4.84. The van der Waals surface area contributed by atoms with Crippen LogP contribution in [0.5, 0.6) is 0 Å². The number of hydrogen-bond donors (Lipinski definition) is 0. The SMILES string of the molecule is CC1=Cc2c(nc3ccccc3[n+]2C)C(C)C1=O. The number of Topliss-reactive ketones (excluding diaryl/α,β-unsaturated/α-hetero) is 1. The average Bonchev–Trinajstić information content (AvgIpc) is 2.38. The number of aryl methyl sites for hydroxylation is 1. The largest absolute Gasteiger partial charge is 0.294 e. The fourth-order valence-corrected chi connectivity index (χ4v) is 2.56. The molecule has 0 saturated heterocycles. The van der Waals surface area contributed by atoms with E-state index in [2.05, 4.69) is 9.55 Å². The highest BCUT2D eigenvalue weighted by molar-refractivity contribution is 6.05. The third-order valence-electron chi connectivity index (χ3n) is 3.65. The summed E-state index contributed by atoms with van der Waals surface area (Å²) >= 11 is 0. The molecule has 0 spiro atoms. The third kappa shape index (κ3) is 1.40. The highest BCUT2D eigenvalue weighted by atomic mass is 16.1. The Balaban J connectivity index is 2.42. The number of aromatic nitrogens is 2. The lowest BCUT2D eigenvalue weighted by molar-refractivity contribution is -0.647. The van der Waals surface area contributed by atoms with Crippen molar-refractivity contribution in [3.8, 4) is 0 Å². The van der Waals surface area contributed by atoms with E-state index in [1.807, 2.05) is 51.2 Å². The van der Waals surface area contributed by atoms with E-state index in [0.717, 1.165) is 28.0 Å². The van der Waals surface area contributed by atoms with Gasteiger partial charge in [-0.2, -0.15) is 4.57 Å². The predicted octanol–water partition coefficient (Wildman–Crippen LogP) is 2.15. The number of rotatable bonds is 0. The van der Waals surface area contributed by atoms with Crippen LogP contribution in [-0.2, 0) is 11.8 Å². The lowest BCUT2D eigenvalue weighted by Gasteiger charge is -2.17. The zero-order valence-electron chi connectivity index (χ0n) is 10.8. The number of nitrogens with zero attached hydrogens (tertiary/aromatic N) is 2. The van der Waals surface area contributed by atoms with Gasteiger partial charge in [-0.3, -0.25) is 4.79 Å². The lowest BCUT2D eigenvalue weighted by atomic mass is 9.89. The molecule has 3 heteroatoms. The summed E-state index contributed by atoms with van der Waals surface area (Å²) in [6.07, 6.45) is 1.94. The molecule has 0 aliphatic heterocycles. The van der Waals surface area contributed by atoms with Gasteiger partial charge in [-0.25, -0.2) is 4.98 Å². The summed E-state index contributed by atoms with van der Waals surface area (Å²) in [6.45, 7) is 3.80. The van der Waals surface area contributed by atoms with Crippen molar-refractivity contribution in [2.75, 3.05) is 0 Å². The van der Waals surface area contributed by atoms with Gasteiger partial charge < -0.3 is 0 Å². The molecule has 0 fully saturated rings. The second-order valence-electron chi connectivity index (χ2n) is 4.84. The first-order chi connectivity index (χ1) is 8.59. The van der Waals surface area contributed by atoms with Crippen molar-refractivity contribution >= 4 is 22.9 Å². The number of hydrogen-bond acceptors (Lipinski definition) is 2. The number of carbonyl (C=O) groups excluding carboxylic acids is 1. The van der Waals surface area contributed by atoms with Crippen LogP contribution in [0.4, 0.5) is 0 Å². The van der Waals surface area contributed by atoms with E-state index in [1.165, 1.54) is 0 Å². The van der Waals surface area contributed by atoms with Crippen molar-refractivity contribution in [2.24, 2.45) is 7.05 Å². The summed E-state index contributed by atoms with van der Waals surface area (Å²) in [7, 11) is 2.02. The number of para-hydroxylation sites is 2. The molecule has 1 aliphatic rings. The van der Waals surface area contributed by atoms with Crippen LogP contribution in [0.3, 0.4) is 0 Å². The molecule has 1 atom stereocenters. The Labute approximate surface area is 106 Å². The van der Waals surface area contributed by atoms with Gasteiger partial charge in [-0.15, -0.1) is 0 Å². The van der Waals surface area contributed by atoms with E-state index in [0.29, 0.717) is 0 Å². The summed E-state index contributed by atoms with van der Waals surface area (Å²) < 4.78 is 2.12. The molecule has 1 aromatic heterocycles. The minimum atomic E-state index is -0.152. The van der Waals surface area contributed by atoms with E-state index < -0.39 is 0 Å². The Kier molecular flexibility index (Phi) is 2.30. The standard InChI is InChI=1S/C15H15N2O/c1-9-8-13-14(10(2)15(9)18)16-11-6-4-5-7-12(11)17(13)3/h4-8,10H,1-3H3/q+1. The van der Waals surface area contributed by atoms with Gasteiger partial charge in [-0.1, -0.05) is 12.1 Å². The first-order valence-corrected chi connectivity index (χ1v) is 6.11. The van der Waals surface area contributed by atoms with Crippen LogP contribution in [-0.4, -0.2) is 10.8 Å². The van der Waals surface area contributed by atoms with Crippen LogP contribution in [0, 0.1) is 0 Å². The van der Waals surface area contributed by atoms with Gasteiger partial charge in [0.1, 0.15) is 18.3 Å². The molecular formula is C15H15N2O+. The molecule has 1 aliphatic carbocycles. The summed E-state index contributed by atoms with van der Waals surface area (Å²) in [4.78, 5) is 16.7. The number of carbonyl (C=O) groups is 1. The Morgan fingerprint density at radius 3 is 2.78 bits per heavy atom. The third-order valence-corrected chi connectivity index (χ3v) is 3.65. The molecule has 0 amide bonds. The van der Waals surface area contributed by atoms with Crippen LogP contribution in [0.1, 0.15) is 31.2 Å². The Morgan fingerprint density at radius 1 is 1.28 bits per heavy atom. The number of allylic oxidation sites excluding steroid dienone is 1. The topological polar surface area (TPSA) is 33.8 Å². The normalized spacial score (nSPS) is 18.7. The predicted molar refractivity (Wildman–Crippen MR) is 70.0 cm³/mol. The fraction of sp³-hybridized carbons (Fsp3) is 0.267. The van der Waals surface area contributed by atoms with Crippen molar-refractivity contribution < 1.29 is 9.36 Å². The molecule has 1 aromatic carbocycles. The molecule has 0 N–H and O–H groups in total. The molecule has 3 rings (SSSR count). The molecule has 1 heterocycles.